The molecule has 0 aromatic carbocycles. The molecule has 1 aromatic rings. The lowest BCUT2D eigenvalue weighted by Crippen LogP contribution is -2.61. The van der Waals surface area contributed by atoms with Gasteiger partial charge in [0.2, 0.25) is 0 Å². The molecule has 1 aromatic heterocycles. The first-order chi connectivity index (χ1) is 10.3. The molecule has 0 bridgehead atoms. The van der Waals surface area contributed by atoms with Crippen LogP contribution in [0.5, 0.6) is 0 Å². The van der Waals surface area contributed by atoms with E-state index in [0.29, 0.717) is 13.1 Å². The van der Waals surface area contributed by atoms with Crippen molar-refractivity contribution in [3.63, 3.8) is 0 Å². The van der Waals surface area contributed by atoms with E-state index in [9.17, 15) is 18.0 Å². The molecule has 22 heavy (non-hydrogen) atoms. The summed E-state index contributed by atoms with van der Waals surface area (Å²) in [6.45, 7) is 3.27. The van der Waals surface area contributed by atoms with Gasteiger partial charge in [0.15, 0.2) is 0 Å². The maximum atomic E-state index is 12.7. The van der Waals surface area contributed by atoms with Gasteiger partial charge in [0.25, 0.3) is 5.91 Å². The summed E-state index contributed by atoms with van der Waals surface area (Å²) in [4.78, 5) is 17.2. The molecule has 0 atom stereocenters. The Balaban J connectivity index is 1.67. The number of hydrogen-bond donors (Lipinski definition) is 0. The number of pyridine rings is 1. The van der Waals surface area contributed by atoms with Crippen molar-refractivity contribution in [1.29, 1.82) is 0 Å². The highest BCUT2D eigenvalue weighted by Gasteiger charge is 2.46. The summed E-state index contributed by atoms with van der Waals surface area (Å²) >= 11 is 2.29. The molecule has 3 rings (SSSR count). The molecule has 2 aliphatic heterocycles. The van der Waals surface area contributed by atoms with Crippen LogP contribution >= 0.6 is 22.9 Å². The highest BCUT2D eigenvalue weighted by atomic mass is 127. The average molecular weight is 425 g/mol. The van der Waals surface area contributed by atoms with Gasteiger partial charge >= 0.3 is 6.18 Å². The number of halogens is 4. The monoisotopic (exact) mass is 425 g/mol. The largest absolute Gasteiger partial charge is 0.433 e. The molecule has 0 aliphatic carbocycles. The quantitative estimate of drug-likeness (QED) is 0.513. The van der Waals surface area contributed by atoms with E-state index in [0.717, 1.165) is 38.2 Å². The van der Waals surface area contributed by atoms with Crippen LogP contribution in [0.2, 0.25) is 0 Å². The van der Waals surface area contributed by atoms with E-state index >= 15 is 0 Å². The fraction of sp³-hybridized carbons (Fsp3) is 0.571. The fourth-order valence-electron chi connectivity index (χ4n) is 3.08. The van der Waals surface area contributed by atoms with Crippen molar-refractivity contribution < 1.29 is 18.0 Å². The van der Waals surface area contributed by atoms with E-state index in [1.807, 2.05) is 0 Å². The number of carbonyl (C=O) groups excluding carboxylic acids is 1. The summed E-state index contributed by atoms with van der Waals surface area (Å²) in [7, 11) is 0. The van der Waals surface area contributed by atoms with E-state index in [4.69, 9.17) is 0 Å². The van der Waals surface area contributed by atoms with Crippen molar-refractivity contribution >= 4 is 28.8 Å². The number of amides is 1. The topological polar surface area (TPSA) is 36.4 Å². The van der Waals surface area contributed by atoms with Crippen LogP contribution in [-0.2, 0) is 6.18 Å². The molecule has 8 heteroatoms. The lowest BCUT2D eigenvalue weighted by atomic mass is 9.72. The second-order valence-corrected chi connectivity index (χ2v) is 7.36. The van der Waals surface area contributed by atoms with Crippen LogP contribution < -0.4 is 0 Å². The highest BCUT2D eigenvalue weighted by Crippen LogP contribution is 2.41. The van der Waals surface area contributed by atoms with Gasteiger partial charge in [-0.3, -0.25) is 9.78 Å². The van der Waals surface area contributed by atoms with E-state index in [1.54, 1.807) is 4.90 Å². The van der Waals surface area contributed by atoms with Crippen LogP contribution in [0.15, 0.2) is 18.3 Å². The smallest absolute Gasteiger partial charge is 0.337 e. The van der Waals surface area contributed by atoms with Gasteiger partial charge in [0, 0.05) is 66.2 Å². The average Bonchev–Trinajstić information content (AvgIpc) is 2.45. The fourth-order valence-corrected chi connectivity index (χ4v) is 3.56. The molecule has 4 nitrogen and oxygen atoms in total. The van der Waals surface area contributed by atoms with Gasteiger partial charge in [-0.1, -0.05) is 0 Å². The Labute approximate surface area is 140 Å². The van der Waals surface area contributed by atoms with Gasteiger partial charge < -0.3 is 4.90 Å². The molecule has 1 amide bonds. The number of aromatic nitrogens is 1. The predicted octanol–water partition coefficient (Wildman–Crippen LogP) is 2.99. The van der Waals surface area contributed by atoms with Crippen LogP contribution in [0, 0.1) is 5.41 Å². The zero-order valence-electron chi connectivity index (χ0n) is 11.7. The zero-order chi connectivity index (χ0) is 16.0. The van der Waals surface area contributed by atoms with Crippen molar-refractivity contribution in [2.45, 2.75) is 19.0 Å². The Morgan fingerprint density at radius 3 is 2.50 bits per heavy atom. The molecule has 1 spiro atoms. The van der Waals surface area contributed by atoms with Gasteiger partial charge in [0.05, 0.1) is 0 Å². The normalized spacial score (nSPS) is 21.7. The summed E-state index contributed by atoms with van der Waals surface area (Å²) < 4.78 is 40.2. The summed E-state index contributed by atoms with van der Waals surface area (Å²) in [6, 6.07) is 2.18. The predicted molar refractivity (Wildman–Crippen MR) is 82.4 cm³/mol. The van der Waals surface area contributed by atoms with E-state index in [2.05, 4.69) is 31.0 Å². The minimum atomic E-state index is -4.53. The standard InChI is InChI=1S/C14H15F3IN3O/c15-14(16,17)11-7-10(1-4-19-11)12(22)20-8-13(9-20)2-5-21(18)6-3-13/h1,4,7H,2-3,5-6,8-9H2. The maximum Gasteiger partial charge on any atom is 0.433 e. The van der Waals surface area contributed by atoms with Crippen LogP contribution in [0.1, 0.15) is 28.9 Å². The zero-order valence-corrected chi connectivity index (χ0v) is 13.9. The van der Waals surface area contributed by atoms with E-state index < -0.39 is 11.9 Å². The first-order valence-corrected chi connectivity index (χ1v) is 7.99. The molecule has 0 radical (unpaired) electrons. The number of nitrogens with zero attached hydrogens (tertiary/aromatic N) is 3. The van der Waals surface area contributed by atoms with Gasteiger partial charge in [-0.05, 0) is 25.0 Å². The number of likely N-dealkylation sites (tertiary alicyclic amines) is 1. The summed E-state index contributed by atoms with van der Waals surface area (Å²) in [5.41, 5.74) is -0.799. The highest BCUT2D eigenvalue weighted by molar-refractivity contribution is 14.1. The minimum Gasteiger partial charge on any atom is -0.337 e. The Morgan fingerprint density at radius 1 is 1.27 bits per heavy atom. The second kappa shape index (κ2) is 5.63. The molecule has 3 heterocycles. The number of rotatable bonds is 1. The van der Waals surface area contributed by atoms with Crippen molar-refractivity contribution in [1.82, 2.24) is 13.0 Å². The third-order valence-electron chi connectivity index (χ3n) is 4.41. The van der Waals surface area contributed by atoms with Crippen molar-refractivity contribution in [2.75, 3.05) is 26.2 Å². The lowest BCUT2D eigenvalue weighted by molar-refractivity contribution is -0.141. The molecule has 0 unspecified atom stereocenters. The molecule has 0 N–H and O–H groups in total. The van der Waals surface area contributed by atoms with E-state index in [-0.39, 0.29) is 16.9 Å². The summed E-state index contributed by atoms with van der Waals surface area (Å²) in [6.07, 6.45) is -1.42. The van der Waals surface area contributed by atoms with Crippen LogP contribution in [0.25, 0.3) is 0 Å². The lowest BCUT2D eigenvalue weighted by Gasteiger charge is -2.53. The Morgan fingerprint density at radius 2 is 1.91 bits per heavy atom. The molecule has 0 saturated carbocycles. The molecule has 120 valence electrons. The molecule has 2 fully saturated rings. The number of carbonyl (C=O) groups is 1. The first kappa shape index (κ1) is 16.0. The van der Waals surface area contributed by atoms with Crippen LogP contribution in [0.4, 0.5) is 13.2 Å². The third kappa shape index (κ3) is 3.08. The minimum absolute atomic E-state index is 0.0588. The van der Waals surface area contributed by atoms with Crippen LogP contribution in [0.3, 0.4) is 0 Å². The van der Waals surface area contributed by atoms with Crippen molar-refractivity contribution in [3.05, 3.63) is 29.6 Å². The Kier molecular flexibility index (Phi) is 4.09. The van der Waals surface area contributed by atoms with Crippen molar-refractivity contribution in [2.24, 2.45) is 5.41 Å². The van der Waals surface area contributed by atoms with Gasteiger partial charge in [0.1, 0.15) is 5.69 Å². The van der Waals surface area contributed by atoms with Crippen LogP contribution in [-0.4, -0.2) is 45.1 Å². The van der Waals surface area contributed by atoms with Gasteiger partial charge in [-0.2, -0.15) is 13.2 Å². The second-order valence-electron chi connectivity index (χ2n) is 6.00. The summed E-state index contributed by atoms with van der Waals surface area (Å²) in [5.74, 6) is -0.338. The van der Waals surface area contributed by atoms with Gasteiger partial charge in [-0.15, -0.1) is 0 Å². The molecule has 2 saturated heterocycles. The number of alkyl halides is 3. The number of hydrogen-bond acceptors (Lipinski definition) is 3. The molecular weight excluding hydrogens is 410 g/mol. The molecular formula is C14H15F3IN3O. The van der Waals surface area contributed by atoms with Gasteiger partial charge in [-0.25, -0.2) is 3.11 Å². The Bertz CT molecular complexity index is 577. The number of piperidine rings is 1. The summed E-state index contributed by atoms with van der Waals surface area (Å²) in [5, 5.41) is 0. The molecule has 2 aliphatic rings. The van der Waals surface area contributed by atoms with E-state index in [1.165, 1.54) is 6.07 Å². The first-order valence-electron chi connectivity index (χ1n) is 7.02. The van der Waals surface area contributed by atoms with Crippen molar-refractivity contribution in [3.8, 4) is 0 Å². The SMILES string of the molecule is O=C(c1ccnc(C(F)(F)F)c1)N1CC2(CCN(I)CC2)C1. The maximum absolute atomic E-state index is 12.7. The Hall–Kier alpha value is -0.900. The third-order valence-corrected chi connectivity index (χ3v) is 5.37.